The molecule has 0 amide bonds. The number of nitrogens with one attached hydrogen (secondary N) is 2. The summed E-state index contributed by atoms with van der Waals surface area (Å²) >= 11 is 0. The lowest BCUT2D eigenvalue weighted by Crippen LogP contribution is -2.39. The molecular formula is C24H41IN4O3. The smallest absolute Gasteiger partial charge is 0.191 e. The summed E-state index contributed by atoms with van der Waals surface area (Å²) in [5.41, 5.74) is 1.07. The molecule has 1 aromatic rings. The molecule has 1 heterocycles. The Bertz CT molecular complexity index is 677. The van der Waals surface area contributed by atoms with Crippen LogP contribution in [0.4, 0.5) is 0 Å². The Labute approximate surface area is 210 Å². The van der Waals surface area contributed by atoms with E-state index in [0.29, 0.717) is 6.54 Å². The van der Waals surface area contributed by atoms with Gasteiger partial charge < -0.3 is 24.8 Å². The second kappa shape index (κ2) is 15.6. The minimum atomic E-state index is 0. The highest BCUT2D eigenvalue weighted by atomic mass is 127. The van der Waals surface area contributed by atoms with Gasteiger partial charge in [0, 0.05) is 31.7 Å². The van der Waals surface area contributed by atoms with Crippen molar-refractivity contribution in [2.75, 3.05) is 53.0 Å². The van der Waals surface area contributed by atoms with E-state index in [9.17, 15) is 0 Å². The molecule has 1 saturated carbocycles. The SMILES string of the molecule is CCNC(=NCc1cccc(OC)c1OC1CCCC1)NCCCCN1CCOCC1.I. The first-order valence-electron chi connectivity index (χ1n) is 11.9. The zero-order valence-corrected chi connectivity index (χ0v) is 22.1. The molecule has 0 atom stereocenters. The van der Waals surface area contributed by atoms with E-state index in [-0.39, 0.29) is 30.1 Å². The molecule has 1 aliphatic carbocycles. The number of ether oxygens (including phenoxy) is 3. The Morgan fingerprint density at radius 3 is 2.66 bits per heavy atom. The molecule has 1 saturated heterocycles. The summed E-state index contributed by atoms with van der Waals surface area (Å²) < 4.78 is 17.3. The predicted octanol–water partition coefficient (Wildman–Crippen LogP) is 3.80. The highest BCUT2D eigenvalue weighted by molar-refractivity contribution is 14.0. The first kappa shape index (κ1) is 27.0. The van der Waals surface area contributed by atoms with Crippen LogP contribution in [-0.4, -0.2) is 70.0 Å². The quantitative estimate of drug-likeness (QED) is 0.186. The Morgan fingerprint density at radius 1 is 1.16 bits per heavy atom. The number of methoxy groups -OCH3 is 1. The second-order valence-electron chi connectivity index (χ2n) is 8.26. The maximum Gasteiger partial charge on any atom is 0.191 e. The van der Waals surface area contributed by atoms with Gasteiger partial charge in [-0.05, 0) is 58.1 Å². The van der Waals surface area contributed by atoms with Gasteiger partial charge in [-0.1, -0.05) is 12.1 Å². The van der Waals surface area contributed by atoms with Crippen molar-refractivity contribution < 1.29 is 14.2 Å². The fourth-order valence-electron chi connectivity index (χ4n) is 4.15. The highest BCUT2D eigenvalue weighted by Crippen LogP contribution is 2.35. The molecule has 8 heteroatoms. The van der Waals surface area contributed by atoms with E-state index in [4.69, 9.17) is 19.2 Å². The fraction of sp³-hybridized carbons (Fsp3) is 0.708. The van der Waals surface area contributed by atoms with Crippen molar-refractivity contribution in [1.82, 2.24) is 15.5 Å². The first-order valence-corrected chi connectivity index (χ1v) is 11.9. The van der Waals surface area contributed by atoms with Gasteiger partial charge in [-0.15, -0.1) is 24.0 Å². The lowest BCUT2D eigenvalue weighted by molar-refractivity contribution is 0.0372. The number of hydrogen-bond acceptors (Lipinski definition) is 5. The van der Waals surface area contributed by atoms with E-state index in [1.165, 1.54) is 19.3 Å². The number of para-hydroxylation sites is 1. The monoisotopic (exact) mass is 560 g/mol. The van der Waals surface area contributed by atoms with Crippen molar-refractivity contribution >= 4 is 29.9 Å². The maximum absolute atomic E-state index is 6.34. The molecule has 0 spiro atoms. The molecule has 2 fully saturated rings. The van der Waals surface area contributed by atoms with E-state index in [0.717, 1.165) is 88.2 Å². The van der Waals surface area contributed by atoms with E-state index in [2.05, 4.69) is 28.5 Å². The number of hydrogen-bond donors (Lipinski definition) is 2. The van der Waals surface area contributed by atoms with Crippen molar-refractivity contribution in [2.24, 2.45) is 4.99 Å². The molecule has 2 N–H and O–H groups in total. The number of nitrogens with zero attached hydrogens (tertiary/aromatic N) is 2. The molecule has 0 unspecified atom stereocenters. The third-order valence-electron chi connectivity index (χ3n) is 5.92. The average molecular weight is 561 g/mol. The Kier molecular flexibility index (Phi) is 13.1. The molecule has 32 heavy (non-hydrogen) atoms. The van der Waals surface area contributed by atoms with E-state index < -0.39 is 0 Å². The minimum Gasteiger partial charge on any atom is -0.493 e. The van der Waals surface area contributed by atoms with E-state index in [1.54, 1.807) is 7.11 Å². The number of morpholine rings is 1. The van der Waals surface area contributed by atoms with E-state index >= 15 is 0 Å². The topological polar surface area (TPSA) is 67.4 Å². The minimum absolute atomic E-state index is 0. The first-order chi connectivity index (χ1) is 15.3. The summed E-state index contributed by atoms with van der Waals surface area (Å²) in [4.78, 5) is 7.30. The zero-order chi connectivity index (χ0) is 21.7. The summed E-state index contributed by atoms with van der Waals surface area (Å²) in [6, 6.07) is 6.06. The standard InChI is InChI=1S/C24H40N4O3.HI/c1-3-25-24(26-13-6-7-14-28-15-17-30-18-16-28)27-19-20-9-8-12-22(29-2)23(20)31-21-10-4-5-11-21;/h8-9,12,21H,3-7,10-11,13-19H2,1-2H3,(H2,25,26,27);1H. The Morgan fingerprint density at radius 2 is 1.94 bits per heavy atom. The number of unbranched alkanes of at least 4 members (excludes halogenated alkanes) is 1. The molecule has 3 rings (SSSR count). The fourth-order valence-corrected chi connectivity index (χ4v) is 4.15. The molecule has 7 nitrogen and oxygen atoms in total. The lowest BCUT2D eigenvalue weighted by Gasteiger charge is -2.26. The third-order valence-corrected chi connectivity index (χ3v) is 5.92. The van der Waals surface area contributed by atoms with Gasteiger partial charge in [0.25, 0.3) is 0 Å². The molecule has 1 aliphatic heterocycles. The van der Waals surface area contributed by atoms with Crippen LogP contribution in [-0.2, 0) is 11.3 Å². The number of guanidine groups is 1. The van der Waals surface area contributed by atoms with Crippen LogP contribution >= 0.6 is 24.0 Å². The normalized spacial score (nSPS) is 17.6. The Hall–Kier alpha value is -1.26. The summed E-state index contributed by atoms with van der Waals surface area (Å²) in [5.74, 6) is 2.49. The average Bonchev–Trinajstić information content (AvgIpc) is 3.31. The summed E-state index contributed by atoms with van der Waals surface area (Å²) in [6.07, 6.45) is 7.32. The van der Waals surface area contributed by atoms with Gasteiger partial charge in [-0.25, -0.2) is 4.99 Å². The molecule has 0 aromatic heterocycles. The number of benzene rings is 1. The number of aliphatic imine (C=N–C) groups is 1. The molecule has 0 bridgehead atoms. The van der Waals surface area contributed by atoms with Gasteiger partial charge in [-0.2, -0.15) is 0 Å². The lowest BCUT2D eigenvalue weighted by atomic mass is 10.1. The predicted molar refractivity (Wildman–Crippen MR) is 141 cm³/mol. The van der Waals surface area contributed by atoms with Gasteiger partial charge in [0.15, 0.2) is 17.5 Å². The van der Waals surface area contributed by atoms with Crippen LogP contribution < -0.4 is 20.1 Å². The molecule has 1 aromatic carbocycles. The van der Waals surface area contributed by atoms with Crippen molar-refractivity contribution in [1.29, 1.82) is 0 Å². The van der Waals surface area contributed by atoms with Crippen LogP contribution in [0.15, 0.2) is 23.2 Å². The van der Waals surface area contributed by atoms with Crippen LogP contribution in [0.3, 0.4) is 0 Å². The summed E-state index contributed by atoms with van der Waals surface area (Å²) in [6.45, 7) is 9.40. The maximum atomic E-state index is 6.34. The van der Waals surface area contributed by atoms with Gasteiger partial charge in [0.1, 0.15) is 0 Å². The van der Waals surface area contributed by atoms with Crippen LogP contribution in [0, 0.1) is 0 Å². The molecule has 2 aliphatic rings. The van der Waals surface area contributed by atoms with Crippen molar-refractivity contribution in [3.63, 3.8) is 0 Å². The largest absolute Gasteiger partial charge is 0.493 e. The highest BCUT2D eigenvalue weighted by Gasteiger charge is 2.20. The van der Waals surface area contributed by atoms with Crippen LogP contribution in [0.5, 0.6) is 11.5 Å². The van der Waals surface area contributed by atoms with Gasteiger partial charge >= 0.3 is 0 Å². The van der Waals surface area contributed by atoms with Crippen LogP contribution in [0.2, 0.25) is 0 Å². The van der Waals surface area contributed by atoms with Crippen LogP contribution in [0.1, 0.15) is 51.0 Å². The Balaban J connectivity index is 0.00000363. The molecular weight excluding hydrogens is 519 g/mol. The zero-order valence-electron chi connectivity index (χ0n) is 19.7. The van der Waals surface area contributed by atoms with Crippen molar-refractivity contribution in [2.45, 2.75) is 58.1 Å². The second-order valence-corrected chi connectivity index (χ2v) is 8.26. The molecule has 182 valence electrons. The van der Waals surface area contributed by atoms with Crippen LogP contribution in [0.25, 0.3) is 0 Å². The van der Waals surface area contributed by atoms with Gasteiger partial charge in [0.05, 0.1) is 33.0 Å². The van der Waals surface area contributed by atoms with Gasteiger partial charge in [0.2, 0.25) is 0 Å². The number of rotatable bonds is 11. The third kappa shape index (κ3) is 8.94. The summed E-state index contributed by atoms with van der Waals surface area (Å²) in [7, 11) is 1.70. The van der Waals surface area contributed by atoms with E-state index in [1.807, 2.05) is 12.1 Å². The van der Waals surface area contributed by atoms with Crippen molar-refractivity contribution in [3.8, 4) is 11.5 Å². The van der Waals surface area contributed by atoms with Crippen molar-refractivity contribution in [3.05, 3.63) is 23.8 Å². The van der Waals surface area contributed by atoms with Gasteiger partial charge in [-0.3, -0.25) is 4.90 Å². The molecule has 0 radical (unpaired) electrons. The number of halogens is 1. The summed E-state index contributed by atoms with van der Waals surface area (Å²) in [5, 5.41) is 6.83.